The molecule has 11 rings (SSSR count). The molecule has 0 aliphatic rings. The van der Waals surface area contributed by atoms with Crippen molar-refractivity contribution in [3.8, 4) is 22.5 Å². The van der Waals surface area contributed by atoms with E-state index in [0.717, 1.165) is 5.69 Å². The highest BCUT2D eigenvalue weighted by molar-refractivity contribution is 7.20. The van der Waals surface area contributed by atoms with Gasteiger partial charge in [0, 0.05) is 32.8 Å². The quantitative estimate of drug-likeness (QED) is 0.113. The summed E-state index contributed by atoms with van der Waals surface area (Å²) >= 11 is 0. The molecule has 2 heterocycles. The maximum absolute atomic E-state index is 2.80. The van der Waals surface area contributed by atoms with Crippen molar-refractivity contribution in [2.45, 2.75) is 6.92 Å². The van der Waals surface area contributed by atoms with Gasteiger partial charge in [0.1, 0.15) is 0 Å². The van der Waals surface area contributed by atoms with Crippen molar-refractivity contribution in [3.05, 3.63) is 230 Å². The van der Waals surface area contributed by atoms with E-state index in [1.165, 1.54) is 86.7 Å². The molecular weight excluding hydrogens is 717 g/mol. The first-order chi connectivity index (χ1) is 28.7. The molecule has 0 N–H and O–H groups in total. The van der Waals surface area contributed by atoms with Crippen LogP contribution in [0, 0.1) is 6.92 Å². The van der Waals surface area contributed by atoms with E-state index in [1.54, 1.807) is 0 Å². The van der Waals surface area contributed by atoms with Crippen molar-refractivity contribution < 1.29 is 0 Å². The molecule has 0 spiro atoms. The molecule has 0 saturated carbocycles. The van der Waals surface area contributed by atoms with E-state index in [-0.39, 0.29) is 0 Å². The van der Waals surface area contributed by atoms with Crippen LogP contribution in [0.25, 0.3) is 66.1 Å². The zero-order valence-electron chi connectivity index (χ0n) is 32.3. The van der Waals surface area contributed by atoms with Gasteiger partial charge < -0.3 is 9.13 Å². The van der Waals surface area contributed by atoms with E-state index in [1.807, 2.05) is 0 Å². The molecule has 2 aromatic heterocycles. The summed E-state index contributed by atoms with van der Waals surface area (Å²) in [5.74, 6) is 0. The highest BCUT2D eigenvalue weighted by Crippen LogP contribution is 2.39. The number of nitrogens with zero attached hydrogens (tertiary/aromatic N) is 2. The Morgan fingerprint density at radius 3 is 1.48 bits per heavy atom. The molecule has 9 aromatic carbocycles. The third-order valence-corrected chi connectivity index (χ3v) is 16.9. The number of fused-ring (bicyclic) bond motifs is 6. The van der Waals surface area contributed by atoms with Crippen LogP contribution < -0.4 is 20.7 Å². The Bertz CT molecular complexity index is 3180. The number of benzene rings is 9. The van der Waals surface area contributed by atoms with E-state index in [4.69, 9.17) is 0 Å². The number of para-hydroxylation sites is 2. The molecule has 0 atom stereocenters. The van der Waals surface area contributed by atoms with Gasteiger partial charge in [-0.25, -0.2) is 0 Å². The molecule has 0 fully saturated rings. The smallest absolute Gasteiger partial charge is 0.179 e. The minimum atomic E-state index is -2.80. The van der Waals surface area contributed by atoms with Crippen molar-refractivity contribution in [3.63, 3.8) is 0 Å². The fourth-order valence-electron chi connectivity index (χ4n) is 9.60. The Balaban J connectivity index is 1.26. The molecule has 3 heteroatoms. The Kier molecular flexibility index (Phi) is 8.09. The van der Waals surface area contributed by atoms with Gasteiger partial charge in [0.15, 0.2) is 8.07 Å². The fraction of sp³-hybridized carbons (Fsp3) is 0.0182. The third-order valence-electron chi connectivity index (χ3n) is 12.1. The van der Waals surface area contributed by atoms with Crippen LogP contribution >= 0.6 is 0 Å². The molecular formula is C55H40N2Si. The lowest BCUT2D eigenvalue weighted by molar-refractivity contribution is 1.17. The summed E-state index contributed by atoms with van der Waals surface area (Å²) in [5.41, 5.74) is 10.8. The second kappa shape index (κ2) is 13.8. The van der Waals surface area contributed by atoms with Gasteiger partial charge in [-0.1, -0.05) is 181 Å². The van der Waals surface area contributed by atoms with Crippen LogP contribution in [0.5, 0.6) is 0 Å². The van der Waals surface area contributed by atoms with Crippen molar-refractivity contribution in [1.29, 1.82) is 0 Å². The van der Waals surface area contributed by atoms with Crippen molar-refractivity contribution in [2.75, 3.05) is 0 Å². The first-order valence-corrected chi connectivity index (χ1v) is 22.1. The van der Waals surface area contributed by atoms with E-state index in [0.29, 0.717) is 0 Å². The lowest BCUT2D eigenvalue weighted by Gasteiger charge is -2.34. The second-order valence-electron chi connectivity index (χ2n) is 15.4. The summed E-state index contributed by atoms with van der Waals surface area (Å²) < 4.78 is 4.94. The average molecular weight is 757 g/mol. The van der Waals surface area contributed by atoms with Gasteiger partial charge in [-0.3, -0.25) is 0 Å². The highest BCUT2D eigenvalue weighted by Gasteiger charge is 2.41. The molecule has 0 aliphatic carbocycles. The number of hydrogen-bond donors (Lipinski definition) is 0. The van der Waals surface area contributed by atoms with Gasteiger partial charge in [0.2, 0.25) is 0 Å². The van der Waals surface area contributed by atoms with Gasteiger partial charge in [0.25, 0.3) is 0 Å². The molecule has 0 aliphatic heterocycles. The topological polar surface area (TPSA) is 9.86 Å². The minimum absolute atomic E-state index is 1.15. The summed E-state index contributed by atoms with van der Waals surface area (Å²) in [5, 5.41) is 10.5. The van der Waals surface area contributed by atoms with Crippen LogP contribution in [0.4, 0.5) is 0 Å². The second-order valence-corrected chi connectivity index (χ2v) is 19.2. The molecule has 0 amide bonds. The first kappa shape index (κ1) is 34.1. The van der Waals surface area contributed by atoms with Crippen LogP contribution in [-0.2, 0) is 0 Å². The molecule has 58 heavy (non-hydrogen) atoms. The molecule has 274 valence electrons. The number of rotatable bonds is 7. The highest BCUT2D eigenvalue weighted by atomic mass is 28.3. The maximum Gasteiger partial charge on any atom is 0.179 e. The van der Waals surface area contributed by atoms with Crippen LogP contribution in [0.1, 0.15) is 5.56 Å². The molecule has 0 radical (unpaired) electrons. The zero-order valence-corrected chi connectivity index (χ0v) is 33.3. The molecule has 2 nitrogen and oxygen atoms in total. The van der Waals surface area contributed by atoms with Gasteiger partial charge in [0.05, 0.1) is 27.8 Å². The first-order valence-electron chi connectivity index (χ1n) is 20.1. The normalized spacial score (nSPS) is 11.9. The fourth-order valence-corrected chi connectivity index (χ4v) is 14.4. The van der Waals surface area contributed by atoms with E-state index >= 15 is 0 Å². The average Bonchev–Trinajstić information content (AvgIpc) is 3.80. The standard InChI is InChI=1S/C55H40N2Si/c1-39-30-33-53-48(36-39)47-27-15-17-29-52(47)56(53)41-31-34-54-49(37-41)50-38-45(32-35-55(50)57(54)51-28-16-14-26-46(51)40-18-6-2-7-19-40)58(42-20-8-3-9-21-42,43-22-10-4-11-23-43)44-24-12-5-13-25-44/h2-38H,1H3. The van der Waals surface area contributed by atoms with Crippen LogP contribution in [0.3, 0.4) is 0 Å². The number of aryl methyl sites for hydroxylation is 1. The van der Waals surface area contributed by atoms with Crippen LogP contribution in [0.15, 0.2) is 224 Å². The largest absolute Gasteiger partial charge is 0.309 e. The summed E-state index contributed by atoms with van der Waals surface area (Å²) in [6, 6.07) is 83.4. The SMILES string of the molecule is Cc1ccc2c(c1)c1ccccc1n2-c1ccc2c(c1)c1cc([Si](c3ccccc3)(c3ccccc3)c3ccccc3)ccc1n2-c1ccccc1-c1ccccc1. The molecule has 0 saturated heterocycles. The minimum Gasteiger partial charge on any atom is -0.309 e. The van der Waals surface area contributed by atoms with Gasteiger partial charge in [-0.2, -0.15) is 0 Å². The van der Waals surface area contributed by atoms with Gasteiger partial charge in [-0.05, 0) is 81.8 Å². The van der Waals surface area contributed by atoms with Crippen molar-refractivity contribution in [2.24, 2.45) is 0 Å². The van der Waals surface area contributed by atoms with Crippen molar-refractivity contribution >= 4 is 72.4 Å². The summed E-state index contributed by atoms with van der Waals surface area (Å²) in [4.78, 5) is 0. The zero-order chi connectivity index (χ0) is 38.6. The lowest BCUT2D eigenvalue weighted by Crippen LogP contribution is -2.74. The Morgan fingerprint density at radius 2 is 0.810 bits per heavy atom. The van der Waals surface area contributed by atoms with E-state index in [9.17, 15) is 0 Å². The van der Waals surface area contributed by atoms with Gasteiger partial charge >= 0.3 is 0 Å². The van der Waals surface area contributed by atoms with Crippen LogP contribution in [0.2, 0.25) is 0 Å². The van der Waals surface area contributed by atoms with Crippen LogP contribution in [-0.4, -0.2) is 17.2 Å². The summed E-state index contributed by atoms with van der Waals surface area (Å²) in [7, 11) is -2.80. The third kappa shape index (κ3) is 5.24. The van der Waals surface area contributed by atoms with Gasteiger partial charge in [-0.15, -0.1) is 0 Å². The predicted molar refractivity (Wildman–Crippen MR) is 249 cm³/mol. The van der Waals surface area contributed by atoms with Crippen molar-refractivity contribution in [1.82, 2.24) is 9.13 Å². The summed E-state index contributed by atoms with van der Waals surface area (Å²) in [6.45, 7) is 2.18. The Labute approximate surface area is 339 Å². The molecule has 11 aromatic rings. The van der Waals surface area contributed by atoms with E-state index in [2.05, 4.69) is 241 Å². The molecule has 0 unspecified atom stereocenters. The number of aromatic nitrogens is 2. The Morgan fingerprint density at radius 1 is 0.328 bits per heavy atom. The Hall–Kier alpha value is -7.20. The monoisotopic (exact) mass is 756 g/mol. The van der Waals surface area contributed by atoms with E-state index < -0.39 is 8.07 Å². The predicted octanol–water partition coefficient (Wildman–Crippen LogP) is 11.2. The number of hydrogen-bond acceptors (Lipinski definition) is 0. The summed E-state index contributed by atoms with van der Waals surface area (Å²) in [6.07, 6.45) is 0. The lowest BCUT2D eigenvalue weighted by atomic mass is 10.0. The molecule has 0 bridgehead atoms. The maximum atomic E-state index is 2.54.